The van der Waals surface area contributed by atoms with Crippen LogP contribution < -0.4 is 0 Å². The standard InChI is InChI=1S/C47H84O16P2/c1-3-5-7-9-11-13-15-17-19-20-22-24-26-28-30-32-34-36-41(49)61-39(37-59-40(48)35-33-31-29-27-25-23-21-18-16-14-12-10-8-6-4-2)38-60-65(57,58)63-47-44(52)42(50)43(51)46(45(47)53)62-64(54,55)56/h11,13,17-19,21-22,24,39,42-47,50-53H,3-10,12,14-16,20,23,25-38H2,1-2H3,(H,57,58)(H2,54,55,56). The van der Waals surface area contributed by atoms with Crippen LogP contribution in [0.15, 0.2) is 48.6 Å². The number of phosphoric ester groups is 2. The Labute approximate surface area is 388 Å². The monoisotopic (exact) mass is 967 g/mol. The molecule has 65 heavy (non-hydrogen) atoms. The molecule has 18 heteroatoms. The van der Waals surface area contributed by atoms with E-state index in [9.17, 15) is 53.8 Å². The molecule has 0 bridgehead atoms. The Bertz CT molecular complexity index is 1450. The van der Waals surface area contributed by atoms with E-state index in [0.717, 1.165) is 83.5 Å². The van der Waals surface area contributed by atoms with E-state index in [1.165, 1.54) is 57.8 Å². The highest BCUT2D eigenvalue weighted by atomic mass is 31.2. The minimum absolute atomic E-state index is 0.0158. The highest BCUT2D eigenvalue weighted by Crippen LogP contribution is 2.49. The summed E-state index contributed by atoms with van der Waals surface area (Å²) in [6, 6.07) is 0. The molecular weight excluding hydrogens is 882 g/mol. The van der Waals surface area contributed by atoms with Crippen LogP contribution in [0.4, 0.5) is 0 Å². The van der Waals surface area contributed by atoms with Gasteiger partial charge in [0.25, 0.3) is 0 Å². The van der Waals surface area contributed by atoms with E-state index in [1.807, 2.05) is 0 Å². The highest BCUT2D eigenvalue weighted by Gasteiger charge is 2.54. The fraction of sp³-hybridized carbons (Fsp3) is 0.787. The van der Waals surface area contributed by atoms with E-state index in [2.05, 4.69) is 67.0 Å². The molecule has 0 radical (unpaired) electrons. The molecule has 378 valence electrons. The van der Waals surface area contributed by atoms with Gasteiger partial charge in [0.1, 0.15) is 43.2 Å². The molecular formula is C47H84O16P2. The number of carbonyl (C=O) groups excluding carboxylic acids is 2. The van der Waals surface area contributed by atoms with Crippen LogP contribution in [0, 0.1) is 0 Å². The van der Waals surface area contributed by atoms with Crippen molar-refractivity contribution >= 4 is 27.6 Å². The van der Waals surface area contributed by atoms with E-state index < -0.39 is 83.5 Å². The Morgan fingerprint density at radius 1 is 0.492 bits per heavy atom. The molecule has 0 aromatic rings. The summed E-state index contributed by atoms with van der Waals surface area (Å²) in [5.74, 6) is -1.24. The Morgan fingerprint density at radius 3 is 1.40 bits per heavy atom. The highest BCUT2D eigenvalue weighted by molar-refractivity contribution is 7.47. The van der Waals surface area contributed by atoms with Gasteiger partial charge in [-0.1, -0.05) is 140 Å². The van der Waals surface area contributed by atoms with Gasteiger partial charge in [-0.15, -0.1) is 0 Å². The Morgan fingerprint density at radius 2 is 0.892 bits per heavy atom. The first-order valence-electron chi connectivity index (χ1n) is 24.2. The van der Waals surface area contributed by atoms with Crippen molar-refractivity contribution in [2.24, 2.45) is 0 Å². The van der Waals surface area contributed by atoms with Gasteiger partial charge in [0.2, 0.25) is 0 Å². The predicted octanol–water partition coefficient (Wildman–Crippen LogP) is 9.29. The van der Waals surface area contributed by atoms with E-state index in [4.69, 9.17) is 18.5 Å². The van der Waals surface area contributed by atoms with Crippen LogP contribution in [0.1, 0.15) is 181 Å². The zero-order chi connectivity index (χ0) is 48.2. The van der Waals surface area contributed by atoms with E-state index in [-0.39, 0.29) is 12.8 Å². The number of aliphatic hydroxyl groups excluding tert-OH is 4. The molecule has 0 saturated heterocycles. The number of hydrogen-bond donors (Lipinski definition) is 7. The van der Waals surface area contributed by atoms with Crippen LogP contribution in [0.25, 0.3) is 0 Å². The summed E-state index contributed by atoms with van der Waals surface area (Å²) in [4.78, 5) is 54.3. The molecule has 0 heterocycles. The smallest absolute Gasteiger partial charge is 0.462 e. The molecule has 1 saturated carbocycles. The minimum Gasteiger partial charge on any atom is -0.462 e. The molecule has 1 aliphatic rings. The summed E-state index contributed by atoms with van der Waals surface area (Å²) in [6.45, 7) is 3.05. The van der Waals surface area contributed by atoms with E-state index in [1.54, 1.807) is 0 Å². The Kier molecular flexibility index (Phi) is 35.5. The number of unbranched alkanes of at least 4 members (excludes halogenated alkanes) is 18. The van der Waals surface area contributed by atoms with Gasteiger partial charge < -0.3 is 44.6 Å². The lowest BCUT2D eigenvalue weighted by atomic mass is 9.85. The molecule has 1 rings (SSSR count). The molecule has 0 aromatic carbocycles. The van der Waals surface area contributed by atoms with Crippen LogP contribution in [-0.2, 0) is 41.8 Å². The van der Waals surface area contributed by atoms with Gasteiger partial charge in [0.05, 0.1) is 6.61 Å². The number of allylic oxidation sites excluding steroid dienone is 8. The van der Waals surface area contributed by atoms with Crippen molar-refractivity contribution in [2.45, 2.75) is 224 Å². The number of rotatable bonds is 40. The maximum absolute atomic E-state index is 13.0. The number of carbonyl (C=O) groups is 2. The third-order valence-corrected chi connectivity index (χ3v) is 12.4. The molecule has 16 nitrogen and oxygen atoms in total. The first-order chi connectivity index (χ1) is 31.1. The fourth-order valence-corrected chi connectivity index (χ4v) is 8.62. The molecule has 0 aromatic heterocycles. The lowest BCUT2D eigenvalue weighted by Gasteiger charge is -2.43. The largest absolute Gasteiger partial charge is 0.472 e. The second-order valence-corrected chi connectivity index (χ2v) is 19.4. The molecule has 0 spiro atoms. The van der Waals surface area contributed by atoms with Gasteiger partial charge in [-0.2, -0.15) is 0 Å². The molecule has 7 N–H and O–H groups in total. The number of aliphatic hydroxyl groups is 4. The molecule has 1 fully saturated rings. The van der Waals surface area contributed by atoms with Crippen molar-refractivity contribution in [1.82, 2.24) is 0 Å². The summed E-state index contributed by atoms with van der Waals surface area (Å²) >= 11 is 0. The topological polar surface area (TPSA) is 256 Å². The Balaban J connectivity index is 2.61. The van der Waals surface area contributed by atoms with Crippen LogP contribution in [-0.4, -0.2) is 103 Å². The molecule has 0 aliphatic heterocycles. The van der Waals surface area contributed by atoms with E-state index >= 15 is 0 Å². The predicted molar refractivity (Wildman–Crippen MR) is 250 cm³/mol. The number of ether oxygens (including phenoxy) is 2. The van der Waals surface area contributed by atoms with Gasteiger partial charge in [0, 0.05) is 12.8 Å². The Hall–Kier alpha value is -2.04. The summed E-state index contributed by atoms with van der Waals surface area (Å²) in [5.41, 5.74) is 0. The van der Waals surface area contributed by atoms with Crippen LogP contribution in [0.5, 0.6) is 0 Å². The zero-order valence-electron chi connectivity index (χ0n) is 39.2. The molecule has 8 atom stereocenters. The summed E-state index contributed by atoms with van der Waals surface area (Å²) in [6.07, 6.45) is 27.8. The van der Waals surface area contributed by atoms with Crippen molar-refractivity contribution in [3.63, 3.8) is 0 Å². The summed E-state index contributed by atoms with van der Waals surface area (Å²) in [7, 11) is -10.7. The molecule has 1 aliphatic carbocycles. The third-order valence-electron chi connectivity index (χ3n) is 10.9. The third kappa shape index (κ3) is 32.4. The van der Waals surface area contributed by atoms with E-state index in [0.29, 0.717) is 12.8 Å². The van der Waals surface area contributed by atoms with Crippen molar-refractivity contribution in [3.8, 4) is 0 Å². The van der Waals surface area contributed by atoms with Crippen LogP contribution >= 0.6 is 15.6 Å². The average Bonchev–Trinajstić information content (AvgIpc) is 3.26. The van der Waals surface area contributed by atoms with Crippen molar-refractivity contribution in [2.75, 3.05) is 13.2 Å². The van der Waals surface area contributed by atoms with Crippen molar-refractivity contribution in [3.05, 3.63) is 48.6 Å². The van der Waals surface area contributed by atoms with Crippen LogP contribution in [0.3, 0.4) is 0 Å². The van der Waals surface area contributed by atoms with Gasteiger partial charge >= 0.3 is 27.6 Å². The quantitative estimate of drug-likeness (QED) is 0.0131. The van der Waals surface area contributed by atoms with Gasteiger partial charge in [0.15, 0.2) is 6.10 Å². The zero-order valence-corrected chi connectivity index (χ0v) is 40.9. The number of esters is 2. The lowest BCUT2D eigenvalue weighted by Crippen LogP contribution is -2.64. The summed E-state index contributed by atoms with van der Waals surface area (Å²) in [5, 5.41) is 41.2. The second-order valence-electron chi connectivity index (χ2n) is 16.8. The second kappa shape index (κ2) is 37.9. The normalized spacial score (nSPS) is 22.0. The fourth-order valence-electron chi connectivity index (χ4n) is 7.09. The van der Waals surface area contributed by atoms with Gasteiger partial charge in [-0.25, -0.2) is 9.13 Å². The summed E-state index contributed by atoms with van der Waals surface area (Å²) < 4.78 is 49.4. The number of phosphoric acid groups is 2. The van der Waals surface area contributed by atoms with Gasteiger partial charge in [-0.05, 0) is 77.0 Å². The van der Waals surface area contributed by atoms with Crippen molar-refractivity contribution in [1.29, 1.82) is 0 Å². The van der Waals surface area contributed by atoms with Crippen molar-refractivity contribution < 1.29 is 76.9 Å². The SMILES string of the molecule is CCCCCC=CCC=CCC=CCCCCCCC(=O)OC(COC(=O)CCCCCCCC=CCCCCCCCC)COP(=O)(O)OC1C(O)C(O)C(O)C(OP(=O)(O)O)C1O. The first kappa shape index (κ1) is 61.0. The van der Waals surface area contributed by atoms with Gasteiger partial charge in [-0.3, -0.25) is 23.2 Å². The molecule has 0 amide bonds. The average molecular weight is 967 g/mol. The first-order valence-corrected chi connectivity index (χ1v) is 27.2. The van der Waals surface area contributed by atoms with Crippen LogP contribution in [0.2, 0.25) is 0 Å². The lowest BCUT2D eigenvalue weighted by molar-refractivity contribution is -0.216. The molecule has 8 unspecified atom stereocenters. The number of hydrogen-bond acceptors (Lipinski definition) is 13. The maximum Gasteiger partial charge on any atom is 0.472 e. The minimum atomic E-state index is -5.37. The maximum atomic E-state index is 13.0.